The van der Waals surface area contributed by atoms with Crippen LogP contribution in [0.25, 0.3) is 0 Å². The van der Waals surface area contributed by atoms with Gasteiger partial charge in [0.05, 0.1) is 0 Å². The Morgan fingerprint density at radius 3 is 3.11 bits per heavy atom. The van der Waals surface area contributed by atoms with E-state index in [4.69, 9.17) is 0 Å². The molecule has 9 heavy (non-hydrogen) atoms. The number of carbonyl (C=O) groups is 1. The first-order valence-electron chi connectivity index (χ1n) is 2.03. The highest BCUT2D eigenvalue weighted by Crippen LogP contribution is 2.00. The summed E-state index contributed by atoms with van der Waals surface area (Å²) >= 11 is 0. The van der Waals surface area contributed by atoms with Crippen LogP contribution in [0, 0.1) is 0 Å². The van der Waals surface area contributed by atoms with Gasteiger partial charge in [0.1, 0.15) is 0 Å². The van der Waals surface area contributed by atoms with E-state index in [9.17, 15) is 4.79 Å². The molecule has 6 nitrogen and oxygen atoms in total. The van der Waals surface area contributed by atoms with E-state index in [0.717, 1.165) is 6.26 Å². The zero-order valence-corrected chi connectivity index (χ0v) is 4.27. The van der Waals surface area contributed by atoms with Crippen LogP contribution in [0.3, 0.4) is 0 Å². The van der Waals surface area contributed by atoms with Crippen LogP contribution in [0.1, 0.15) is 0 Å². The average molecular weight is 129 g/mol. The third-order valence-electron chi connectivity index (χ3n) is 0.545. The SMILES string of the molecule is NC(=O)Oc1conn1. The summed E-state index contributed by atoms with van der Waals surface area (Å²) in [7, 11) is 0. The van der Waals surface area contributed by atoms with E-state index in [1.54, 1.807) is 0 Å². The Labute approximate surface area is 49.6 Å². The highest BCUT2D eigenvalue weighted by molar-refractivity contribution is 5.67. The van der Waals surface area contributed by atoms with E-state index in [-0.39, 0.29) is 5.88 Å². The van der Waals surface area contributed by atoms with Gasteiger partial charge >= 0.3 is 6.09 Å². The molecule has 0 aliphatic rings. The lowest BCUT2D eigenvalue weighted by molar-refractivity contribution is 0.209. The molecule has 0 radical (unpaired) electrons. The monoisotopic (exact) mass is 129 g/mol. The first kappa shape index (κ1) is 5.54. The molecule has 0 saturated heterocycles. The Hall–Kier alpha value is -1.59. The second-order valence-electron chi connectivity index (χ2n) is 1.16. The maximum Gasteiger partial charge on any atom is 0.411 e. The van der Waals surface area contributed by atoms with Crippen molar-refractivity contribution in [3.63, 3.8) is 0 Å². The van der Waals surface area contributed by atoms with E-state index in [2.05, 4.69) is 25.4 Å². The van der Waals surface area contributed by atoms with Crippen LogP contribution in [-0.2, 0) is 0 Å². The zero-order chi connectivity index (χ0) is 6.69. The van der Waals surface area contributed by atoms with Crippen LogP contribution >= 0.6 is 0 Å². The molecule has 0 fully saturated rings. The Bertz CT molecular complexity index is 194. The summed E-state index contributed by atoms with van der Waals surface area (Å²) in [6, 6.07) is 0. The van der Waals surface area contributed by atoms with Gasteiger partial charge in [-0.2, -0.15) is 0 Å². The number of hydrogen-bond donors (Lipinski definition) is 1. The highest BCUT2D eigenvalue weighted by atomic mass is 16.6. The van der Waals surface area contributed by atoms with Crippen molar-refractivity contribution in [3.05, 3.63) is 6.26 Å². The number of primary amides is 1. The Morgan fingerprint density at radius 2 is 2.67 bits per heavy atom. The minimum atomic E-state index is -0.939. The first-order chi connectivity index (χ1) is 4.29. The van der Waals surface area contributed by atoms with Crippen LogP contribution in [0.5, 0.6) is 5.88 Å². The standard InChI is InChI=1S/C3H3N3O3/c4-3(7)9-2-1-8-6-5-2/h1H,(H2,4,7). The zero-order valence-electron chi connectivity index (χ0n) is 4.27. The van der Waals surface area contributed by atoms with E-state index in [1.165, 1.54) is 0 Å². The second-order valence-corrected chi connectivity index (χ2v) is 1.16. The van der Waals surface area contributed by atoms with Crippen molar-refractivity contribution >= 4 is 6.09 Å². The minimum Gasteiger partial charge on any atom is -0.386 e. The fourth-order valence-electron chi connectivity index (χ4n) is 0.304. The summed E-state index contributed by atoms with van der Waals surface area (Å²) < 4.78 is 8.45. The smallest absolute Gasteiger partial charge is 0.386 e. The third-order valence-corrected chi connectivity index (χ3v) is 0.545. The van der Waals surface area contributed by atoms with E-state index in [1.807, 2.05) is 0 Å². The number of aromatic nitrogens is 2. The Balaban J connectivity index is 2.58. The molecule has 0 spiro atoms. The quantitative estimate of drug-likeness (QED) is 0.553. The number of nitrogens with zero attached hydrogens (tertiary/aromatic N) is 2. The average Bonchev–Trinajstić information content (AvgIpc) is 2.15. The molecule has 1 rings (SSSR count). The number of amides is 1. The van der Waals surface area contributed by atoms with Gasteiger partial charge in [0.2, 0.25) is 0 Å². The van der Waals surface area contributed by atoms with Crippen molar-refractivity contribution in [1.82, 2.24) is 10.4 Å². The van der Waals surface area contributed by atoms with Crippen LogP contribution in [0.15, 0.2) is 10.8 Å². The van der Waals surface area contributed by atoms with E-state index in [0.29, 0.717) is 0 Å². The molecule has 6 heteroatoms. The van der Waals surface area contributed by atoms with Gasteiger partial charge in [-0.1, -0.05) is 5.10 Å². The normalized spacial score (nSPS) is 8.89. The first-order valence-corrected chi connectivity index (χ1v) is 2.03. The van der Waals surface area contributed by atoms with Crippen LogP contribution in [0.4, 0.5) is 4.79 Å². The molecule has 0 aliphatic carbocycles. The fourth-order valence-corrected chi connectivity index (χ4v) is 0.304. The highest BCUT2D eigenvalue weighted by Gasteiger charge is 2.00. The number of nitrogens with two attached hydrogens (primary N) is 1. The predicted octanol–water partition coefficient (Wildman–Crippen LogP) is -0.473. The molecule has 0 bridgehead atoms. The fraction of sp³-hybridized carbons (Fsp3) is 0. The molecule has 1 heterocycles. The molecule has 1 amide bonds. The molecule has 1 aromatic rings. The lowest BCUT2D eigenvalue weighted by Crippen LogP contribution is -2.16. The number of rotatable bonds is 1. The van der Waals surface area contributed by atoms with Crippen molar-refractivity contribution in [2.45, 2.75) is 0 Å². The van der Waals surface area contributed by atoms with Gasteiger partial charge in [-0.3, -0.25) is 0 Å². The molecule has 0 atom stereocenters. The molecule has 2 N–H and O–H groups in total. The van der Waals surface area contributed by atoms with Crippen molar-refractivity contribution < 1.29 is 14.1 Å². The summed E-state index contributed by atoms with van der Waals surface area (Å²) in [6.45, 7) is 0. The van der Waals surface area contributed by atoms with E-state index < -0.39 is 6.09 Å². The third kappa shape index (κ3) is 1.41. The summed E-state index contributed by atoms with van der Waals surface area (Å²) in [5.74, 6) is -0.0394. The van der Waals surface area contributed by atoms with Gasteiger partial charge in [0.15, 0.2) is 6.26 Å². The predicted molar refractivity (Wildman–Crippen MR) is 24.5 cm³/mol. The maximum absolute atomic E-state index is 9.96. The maximum atomic E-state index is 9.96. The Morgan fingerprint density at radius 1 is 1.89 bits per heavy atom. The molecule has 48 valence electrons. The van der Waals surface area contributed by atoms with E-state index >= 15 is 0 Å². The molecular weight excluding hydrogens is 126 g/mol. The Kier molecular flexibility index (Phi) is 1.31. The largest absolute Gasteiger partial charge is 0.411 e. The molecule has 0 unspecified atom stereocenters. The summed E-state index contributed by atoms with van der Waals surface area (Å²) in [5, 5.41) is 6.23. The van der Waals surface area contributed by atoms with Gasteiger partial charge in [-0.05, 0) is 0 Å². The summed E-state index contributed by atoms with van der Waals surface area (Å²) in [5.41, 5.74) is 4.61. The minimum absolute atomic E-state index is 0.0394. The van der Waals surface area contributed by atoms with Crippen molar-refractivity contribution in [2.24, 2.45) is 5.73 Å². The molecule has 0 saturated carbocycles. The molecule has 1 aromatic heterocycles. The summed E-state index contributed by atoms with van der Waals surface area (Å²) in [4.78, 5) is 9.96. The van der Waals surface area contributed by atoms with Gasteiger partial charge in [-0.15, -0.1) is 0 Å². The van der Waals surface area contributed by atoms with Gasteiger partial charge in [0, 0.05) is 5.27 Å². The van der Waals surface area contributed by atoms with Crippen LogP contribution in [-0.4, -0.2) is 16.5 Å². The van der Waals surface area contributed by atoms with Gasteiger partial charge in [-0.25, -0.2) is 4.79 Å². The lowest BCUT2D eigenvalue weighted by atomic mass is 10.9. The van der Waals surface area contributed by atoms with Gasteiger partial charge in [0.25, 0.3) is 5.88 Å². The van der Waals surface area contributed by atoms with Crippen molar-refractivity contribution in [2.75, 3.05) is 0 Å². The van der Waals surface area contributed by atoms with Gasteiger partial charge < -0.3 is 15.0 Å². The topological polar surface area (TPSA) is 91.2 Å². The molecule has 0 aromatic carbocycles. The summed E-state index contributed by atoms with van der Waals surface area (Å²) in [6.07, 6.45) is 0.121. The van der Waals surface area contributed by atoms with Crippen LogP contribution < -0.4 is 10.5 Å². The second kappa shape index (κ2) is 2.12. The van der Waals surface area contributed by atoms with Crippen molar-refractivity contribution in [3.8, 4) is 5.88 Å². The van der Waals surface area contributed by atoms with Crippen LogP contribution in [0.2, 0.25) is 0 Å². The number of carbonyl (C=O) groups excluding carboxylic acids is 1. The number of hydrogen-bond acceptors (Lipinski definition) is 5. The lowest BCUT2D eigenvalue weighted by Gasteiger charge is -1.87. The number of ether oxygens (including phenoxy) is 1. The molecule has 0 aliphatic heterocycles. The molecular formula is C3H3N3O3. The van der Waals surface area contributed by atoms with Crippen molar-refractivity contribution in [1.29, 1.82) is 0 Å².